The summed E-state index contributed by atoms with van der Waals surface area (Å²) in [5, 5.41) is 7.86. The molecule has 1 N–H and O–H groups in total. The topological polar surface area (TPSA) is 29.9 Å². The summed E-state index contributed by atoms with van der Waals surface area (Å²) in [6.45, 7) is 5.33. The van der Waals surface area contributed by atoms with Crippen molar-refractivity contribution in [2.24, 2.45) is 7.05 Å². The maximum atomic E-state index is 4.40. The van der Waals surface area contributed by atoms with E-state index in [-0.39, 0.29) is 0 Å². The molecule has 1 aromatic heterocycles. The fraction of sp³-hybridized carbons (Fsp3) is 0.583. The second kappa shape index (κ2) is 4.19. The molecule has 1 saturated heterocycles. The van der Waals surface area contributed by atoms with Gasteiger partial charge in [-0.15, -0.1) is 0 Å². The van der Waals surface area contributed by atoms with E-state index in [0.717, 1.165) is 12.2 Å². The molecule has 1 atom stereocenters. The predicted octanol–water partition coefficient (Wildman–Crippen LogP) is 1.80. The molecular weight excluding hydrogens is 186 g/mol. The molecule has 0 bridgehead atoms. The third kappa shape index (κ3) is 2.12. The quantitative estimate of drug-likeness (QED) is 0.798. The Morgan fingerprint density at radius 1 is 1.47 bits per heavy atom. The lowest BCUT2D eigenvalue weighted by molar-refractivity contribution is 0.729. The summed E-state index contributed by atoms with van der Waals surface area (Å²) in [6.07, 6.45) is 7.03. The first-order valence-corrected chi connectivity index (χ1v) is 5.60. The van der Waals surface area contributed by atoms with E-state index in [1.54, 1.807) is 0 Å². The molecule has 0 radical (unpaired) electrons. The molecule has 1 aliphatic rings. The van der Waals surface area contributed by atoms with Crippen LogP contribution in [0.5, 0.6) is 0 Å². The van der Waals surface area contributed by atoms with Crippen molar-refractivity contribution in [3.05, 3.63) is 23.0 Å². The number of rotatable bonds is 2. The van der Waals surface area contributed by atoms with E-state index in [9.17, 15) is 0 Å². The van der Waals surface area contributed by atoms with Gasteiger partial charge in [-0.3, -0.25) is 4.68 Å². The Bertz CT molecular complexity index is 370. The van der Waals surface area contributed by atoms with Gasteiger partial charge in [-0.2, -0.15) is 5.10 Å². The zero-order valence-corrected chi connectivity index (χ0v) is 9.75. The van der Waals surface area contributed by atoms with Crippen LogP contribution in [0, 0.1) is 13.8 Å². The molecule has 0 amide bonds. The average Bonchev–Trinajstić information content (AvgIpc) is 2.76. The molecular formula is C12H19N3. The van der Waals surface area contributed by atoms with Crippen molar-refractivity contribution in [2.75, 3.05) is 6.54 Å². The fourth-order valence-electron chi connectivity index (χ4n) is 2.12. The molecule has 1 aromatic rings. The number of nitrogens with zero attached hydrogens (tertiary/aromatic N) is 2. The molecule has 0 aromatic carbocycles. The van der Waals surface area contributed by atoms with E-state index in [4.69, 9.17) is 0 Å². The molecule has 0 saturated carbocycles. The van der Waals surface area contributed by atoms with Gasteiger partial charge in [0.15, 0.2) is 0 Å². The van der Waals surface area contributed by atoms with E-state index in [1.165, 1.54) is 24.1 Å². The first-order chi connectivity index (χ1) is 7.18. The highest BCUT2D eigenvalue weighted by molar-refractivity contribution is 5.55. The monoisotopic (exact) mass is 205 g/mol. The SMILES string of the molecule is Cc1nn(C)c(C)c1/C=C/C1CCCN1. The summed E-state index contributed by atoms with van der Waals surface area (Å²) < 4.78 is 1.94. The summed E-state index contributed by atoms with van der Waals surface area (Å²) >= 11 is 0. The second-order valence-electron chi connectivity index (χ2n) is 4.27. The molecule has 2 rings (SSSR count). The van der Waals surface area contributed by atoms with E-state index in [1.807, 2.05) is 11.7 Å². The van der Waals surface area contributed by atoms with Gasteiger partial charge in [0.05, 0.1) is 5.69 Å². The third-order valence-corrected chi connectivity index (χ3v) is 3.16. The maximum absolute atomic E-state index is 4.40. The summed E-state index contributed by atoms with van der Waals surface area (Å²) in [4.78, 5) is 0. The van der Waals surface area contributed by atoms with Crippen LogP contribution in [0.25, 0.3) is 6.08 Å². The molecule has 1 unspecified atom stereocenters. The Balaban J connectivity index is 2.15. The minimum absolute atomic E-state index is 0.559. The first kappa shape index (κ1) is 10.4. The molecule has 1 aliphatic heterocycles. The van der Waals surface area contributed by atoms with Crippen LogP contribution < -0.4 is 5.32 Å². The predicted molar refractivity (Wildman–Crippen MR) is 62.7 cm³/mol. The van der Waals surface area contributed by atoms with Crippen LogP contribution in [0.4, 0.5) is 0 Å². The zero-order valence-electron chi connectivity index (χ0n) is 9.75. The molecule has 0 aliphatic carbocycles. The maximum Gasteiger partial charge on any atom is 0.0668 e. The van der Waals surface area contributed by atoms with Crippen LogP contribution in [0.3, 0.4) is 0 Å². The van der Waals surface area contributed by atoms with Crippen molar-refractivity contribution in [1.82, 2.24) is 15.1 Å². The van der Waals surface area contributed by atoms with Gasteiger partial charge in [-0.1, -0.05) is 12.2 Å². The van der Waals surface area contributed by atoms with Gasteiger partial charge in [-0.05, 0) is 33.2 Å². The second-order valence-corrected chi connectivity index (χ2v) is 4.27. The summed E-state index contributed by atoms with van der Waals surface area (Å²) in [5.41, 5.74) is 3.62. The lowest BCUT2D eigenvalue weighted by Gasteiger charge is -2.02. The van der Waals surface area contributed by atoms with Gasteiger partial charge >= 0.3 is 0 Å². The summed E-state index contributed by atoms with van der Waals surface area (Å²) in [6, 6.07) is 0.559. The number of aryl methyl sites for hydroxylation is 2. The number of nitrogens with one attached hydrogen (secondary N) is 1. The molecule has 3 heteroatoms. The Labute approximate surface area is 91.2 Å². The molecule has 3 nitrogen and oxygen atoms in total. The van der Waals surface area contributed by atoms with Crippen molar-refractivity contribution in [3.63, 3.8) is 0 Å². The highest BCUT2D eigenvalue weighted by Gasteiger charge is 2.11. The van der Waals surface area contributed by atoms with Crippen LogP contribution in [0.15, 0.2) is 6.08 Å². The van der Waals surface area contributed by atoms with Crippen LogP contribution in [-0.4, -0.2) is 22.4 Å². The number of hydrogen-bond acceptors (Lipinski definition) is 2. The van der Waals surface area contributed by atoms with Gasteiger partial charge in [0, 0.05) is 24.3 Å². The van der Waals surface area contributed by atoms with Crippen LogP contribution in [-0.2, 0) is 7.05 Å². The lowest BCUT2D eigenvalue weighted by atomic mass is 10.1. The third-order valence-electron chi connectivity index (χ3n) is 3.16. The van der Waals surface area contributed by atoms with Crippen LogP contribution in [0.2, 0.25) is 0 Å². The minimum atomic E-state index is 0.559. The highest BCUT2D eigenvalue weighted by Crippen LogP contribution is 2.15. The van der Waals surface area contributed by atoms with E-state index in [0.29, 0.717) is 6.04 Å². The Morgan fingerprint density at radius 2 is 2.27 bits per heavy atom. The van der Waals surface area contributed by atoms with Crippen molar-refractivity contribution in [2.45, 2.75) is 32.7 Å². The molecule has 15 heavy (non-hydrogen) atoms. The van der Waals surface area contributed by atoms with E-state index >= 15 is 0 Å². The first-order valence-electron chi connectivity index (χ1n) is 5.60. The smallest absolute Gasteiger partial charge is 0.0668 e. The number of hydrogen-bond donors (Lipinski definition) is 1. The van der Waals surface area contributed by atoms with Gasteiger partial charge in [0.2, 0.25) is 0 Å². The summed E-state index contributed by atoms with van der Waals surface area (Å²) in [5.74, 6) is 0. The van der Waals surface area contributed by atoms with Crippen molar-refractivity contribution >= 4 is 6.08 Å². The normalized spacial score (nSPS) is 21.7. The molecule has 1 fully saturated rings. The minimum Gasteiger partial charge on any atom is -0.311 e. The zero-order chi connectivity index (χ0) is 10.8. The molecule has 2 heterocycles. The van der Waals surface area contributed by atoms with Crippen molar-refractivity contribution in [1.29, 1.82) is 0 Å². The molecule has 0 spiro atoms. The highest BCUT2D eigenvalue weighted by atomic mass is 15.3. The Morgan fingerprint density at radius 3 is 2.80 bits per heavy atom. The van der Waals surface area contributed by atoms with Gasteiger partial charge in [-0.25, -0.2) is 0 Å². The summed E-state index contributed by atoms with van der Waals surface area (Å²) in [7, 11) is 1.99. The van der Waals surface area contributed by atoms with E-state index < -0.39 is 0 Å². The standard InChI is InChI=1S/C12H19N3/c1-9-12(10(2)15(3)14-9)7-6-11-5-4-8-13-11/h6-7,11,13H,4-5,8H2,1-3H3/b7-6+. The van der Waals surface area contributed by atoms with Crippen molar-refractivity contribution in [3.8, 4) is 0 Å². The van der Waals surface area contributed by atoms with Crippen molar-refractivity contribution < 1.29 is 0 Å². The average molecular weight is 205 g/mol. The molecule has 82 valence electrons. The number of aromatic nitrogens is 2. The van der Waals surface area contributed by atoms with E-state index in [2.05, 4.69) is 36.4 Å². The van der Waals surface area contributed by atoms with Gasteiger partial charge in [0.25, 0.3) is 0 Å². The van der Waals surface area contributed by atoms with Gasteiger partial charge in [0.1, 0.15) is 0 Å². The lowest BCUT2D eigenvalue weighted by Crippen LogP contribution is -2.17. The van der Waals surface area contributed by atoms with Crippen LogP contribution in [0.1, 0.15) is 29.8 Å². The van der Waals surface area contributed by atoms with Crippen LogP contribution >= 0.6 is 0 Å². The van der Waals surface area contributed by atoms with Gasteiger partial charge < -0.3 is 5.32 Å². The largest absolute Gasteiger partial charge is 0.311 e. The fourth-order valence-corrected chi connectivity index (χ4v) is 2.12. The Hall–Kier alpha value is -1.09. The Kier molecular flexibility index (Phi) is 2.91.